The summed E-state index contributed by atoms with van der Waals surface area (Å²) in [6, 6.07) is 3.90. The molecule has 0 bridgehead atoms. The Bertz CT molecular complexity index is 841. The van der Waals surface area contributed by atoms with Crippen LogP contribution in [0, 0.1) is 19.8 Å². The average Bonchev–Trinajstić information content (AvgIpc) is 3.20. The van der Waals surface area contributed by atoms with Gasteiger partial charge in [-0.15, -0.1) is 10.2 Å². The second kappa shape index (κ2) is 5.31. The van der Waals surface area contributed by atoms with Crippen molar-refractivity contribution in [2.75, 3.05) is 18.0 Å². The highest BCUT2D eigenvalue weighted by molar-refractivity contribution is 5.68. The largest absolute Gasteiger partial charge is 0.391 e. The zero-order valence-corrected chi connectivity index (χ0v) is 13.0. The Labute approximate surface area is 132 Å². The van der Waals surface area contributed by atoms with E-state index in [0.29, 0.717) is 18.6 Å². The van der Waals surface area contributed by atoms with Crippen LogP contribution in [0.2, 0.25) is 0 Å². The standard InChI is InChI=1S/C15H18N6O2/c1-9-4-13(15-17-16-8-21(15)18-9)20-6-11(14(22)7-20)5-12-3-10(2)19-23-12/h3-4,8,11,14,22H,5-7H2,1-2H3/t11-,14-/m1/s1. The van der Waals surface area contributed by atoms with E-state index in [2.05, 4.69) is 25.4 Å². The van der Waals surface area contributed by atoms with Crippen LogP contribution in [0.3, 0.4) is 0 Å². The van der Waals surface area contributed by atoms with Gasteiger partial charge in [-0.3, -0.25) is 0 Å². The van der Waals surface area contributed by atoms with E-state index in [1.807, 2.05) is 26.0 Å². The smallest absolute Gasteiger partial charge is 0.200 e. The molecule has 1 aliphatic heterocycles. The molecule has 3 aromatic rings. The van der Waals surface area contributed by atoms with E-state index in [1.165, 1.54) is 0 Å². The van der Waals surface area contributed by atoms with Crippen molar-refractivity contribution in [1.29, 1.82) is 0 Å². The van der Waals surface area contributed by atoms with Gasteiger partial charge in [-0.05, 0) is 19.9 Å². The lowest BCUT2D eigenvalue weighted by Crippen LogP contribution is -2.22. The lowest BCUT2D eigenvalue weighted by Gasteiger charge is -2.18. The molecule has 4 rings (SSSR count). The Balaban J connectivity index is 1.59. The van der Waals surface area contributed by atoms with Crippen LogP contribution in [0.15, 0.2) is 23.0 Å². The summed E-state index contributed by atoms with van der Waals surface area (Å²) in [6.07, 6.45) is 1.84. The van der Waals surface area contributed by atoms with Gasteiger partial charge in [0.2, 0.25) is 5.65 Å². The van der Waals surface area contributed by atoms with Crippen LogP contribution in [-0.2, 0) is 6.42 Å². The number of hydrogen-bond acceptors (Lipinski definition) is 7. The highest BCUT2D eigenvalue weighted by atomic mass is 16.5. The molecule has 4 heterocycles. The minimum atomic E-state index is -0.420. The Morgan fingerprint density at radius 1 is 1.26 bits per heavy atom. The van der Waals surface area contributed by atoms with E-state index in [4.69, 9.17) is 4.52 Å². The van der Waals surface area contributed by atoms with Gasteiger partial charge in [-0.25, -0.2) is 0 Å². The van der Waals surface area contributed by atoms with Gasteiger partial charge in [-0.1, -0.05) is 5.16 Å². The molecule has 8 heteroatoms. The summed E-state index contributed by atoms with van der Waals surface area (Å²) in [6.45, 7) is 5.12. The van der Waals surface area contributed by atoms with Crippen molar-refractivity contribution in [1.82, 2.24) is 25.0 Å². The van der Waals surface area contributed by atoms with Crippen LogP contribution in [0.25, 0.3) is 5.65 Å². The van der Waals surface area contributed by atoms with Crippen molar-refractivity contribution in [2.45, 2.75) is 26.4 Å². The normalized spacial score (nSPS) is 21.4. The minimum Gasteiger partial charge on any atom is -0.391 e. The zero-order chi connectivity index (χ0) is 16.0. The average molecular weight is 314 g/mol. The van der Waals surface area contributed by atoms with E-state index in [0.717, 1.165) is 29.4 Å². The Hall–Kier alpha value is -2.48. The molecule has 23 heavy (non-hydrogen) atoms. The highest BCUT2D eigenvalue weighted by Gasteiger charge is 2.33. The van der Waals surface area contributed by atoms with Crippen molar-refractivity contribution in [3.8, 4) is 0 Å². The van der Waals surface area contributed by atoms with E-state index in [9.17, 15) is 5.11 Å². The summed E-state index contributed by atoms with van der Waals surface area (Å²) in [5.74, 6) is 0.908. The Morgan fingerprint density at radius 3 is 2.91 bits per heavy atom. The van der Waals surface area contributed by atoms with Gasteiger partial charge in [-0.2, -0.15) is 9.61 Å². The first-order chi connectivity index (χ1) is 11.1. The van der Waals surface area contributed by atoms with Crippen LogP contribution >= 0.6 is 0 Å². The predicted molar refractivity (Wildman–Crippen MR) is 82.2 cm³/mol. The third kappa shape index (κ3) is 2.55. The van der Waals surface area contributed by atoms with Gasteiger partial charge in [0.25, 0.3) is 0 Å². The number of aliphatic hydroxyl groups excluding tert-OH is 1. The SMILES string of the molecule is Cc1cc(C[C@@H]2CN(c3cc(C)nn4cnnc34)C[C@H]2O)on1. The molecule has 3 aromatic heterocycles. The van der Waals surface area contributed by atoms with Crippen molar-refractivity contribution < 1.29 is 9.63 Å². The molecule has 0 radical (unpaired) electrons. The molecule has 120 valence electrons. The molecule has 0 saturated carbocycles. The quantitative estimate of drug-likeness (QED) is 0.763. The first-order valence-corrected chi connectivity index (χ1v) is 7.63. The van der Waals surface area contributed by atoms with Crippen LogP contribution < -0.4 is 4.90 Å². The maximum Gasteiger partial charge on any atom is 0.200 e. The number of anilines is 1. The number of aromatic nitrogens is 5. The fraction of sp³-hybridized carbons (Fsp3) is 0.467. The third-order valence-electron chi connectivity index (χ3n) is 4.26. The van der Waals surface area contributed by atoms with Crippen LogP contribution in [0.1, 0.15) is 17.1 Å². The molecule has 0 unspecified atom stereocenters. The molecule has 1 N–H and O–H groups in total. The minimum absolute atomic E-state index is 0.0961. The summed E-state index contributed by atoms with van der Waals surface area (Å²) >= 11 is 0. The molecular weight excluding hydrogens is 296 g/mol. The summed E-state index contributed by atoms with van der Waals surface area (Å²) in [7, 11) is 0. The Morgan fingerprint density at radius 2 is 2.13 bits per heavy atom. The van der Waals surface area contributed by atoms with Crippen LogP contribution in [0.5, 0.6) is 0 Å². The third-order valence-corrected chi connectivity index (χ3v) is 4.26. The summed E-state index contributed by atoms with van der Waals surface area (Å²) in [4.78, 5) is 2.14. The summed E-state index contributed by atoms with van der Waals surface area (Å²) < 4.78 is 6.95. The van der Waals surface area contributed by atoms with Gasteiger partial charge in [0.05, 0.1) is 23.2 Å². The van der Waals surface area contributed by atoms with Gasteiger partial charge in [0.1, 0.15) is 12.1 Å². The van der Waals surface area contributed by atoms with E-state index in [1.54, 1.807) is 10.8 Å². The van der Waals surface area contributed by atoms with Gasteiger partial charge in [0.15, 0.2) is 0 Å². The molecule has 1 aliphatic rings. The van der Waals surface area contributed by atoms with Crippen LogP contribution in [0.4, 0.5) is 5.69 Å². The fourth-order valence-electron chi connectivity index (χ4n) is 3.19. The van der Waals surface area contributed by atoms with Crippen molar-refractivity contribution >= 4 is 11.3 Å². The monoisotopic (exact) mass is 314 g/mol. The van der Waals surface area contributed by atoms with Crippen LogP contribution in [-0.4, -0.2) is 49.3 Å². The molecule has 0 aromatic carbocycles. The number of aliphatic hydroxyl groups is 1. The molecule has 2 atom stereocenters. The molecule has 0 aliphatic carbocycles. The first-order valence-electron chi connectivity index (χ1n) is 7.63. The second-order valence-corrected chi connectivity index (χ2v) is 6.14. The number of rotatable bonds is 3. The summed E-state index contributed by atoms with van der Waals surface area (Å²) in [5, 5.41) is 26.7. The lowest BCUT2D eigenvalue weighted by molar-refractivity contribution is 0.143. The molecule has 1 fully saturated rings. The molecule has 0 spiro atoms. The van der Waals surface area contributed by atoms with E-state index in [-0.39, 0.29) is 5.92 Å². The molecule has 1 saturated heterocycles. The number of β-amino-alcohol motifs (C(OH)–C–C–N with tert-alkyl or cyclic N) is 1. The number of fused-ring (bicyclic) bond motifs is 1. The topological polar surface area (TPSA) is 92.6 Å². The second-order valence-electron chi connectivity index (χ2n) is 6.14. The van der Waals surface area contributed by atoms with Gasteiger partial charge >= 0.3 is 0 Å². The Kier molecular flexibility index (Phi) is 3.26. The van der Waals surface area contributed by atoms with Gasteiger partial charge < -0.3 is 14.5 Å². The first kappa shape index (κ1) is 14.1. The molecule has 0 amide bonds. The zero-order valence-electron chi connectivity index (χ0n) is 13.0. The van der Waals surface area contributed by atoms with Crippen molar-refractivity contribution in [2.24, 2.45) is 5.92 Å². The summed E-state index contributed by atoms with van der Waals surface area (Å²) in [5.41, 5.74) is 3.40. The highest BCUT2D eigenvalue weighted by Crippen LogP contribution is 2.29. The predicted octanol–water partition coefficient (Wildman–Crippen LogP) is 0.769. The van der Waals surface area contributed by atoms with E-state index >= 15 is 0 Å². The molecular formula is C15H18N6O2. The maximum atomic E-state index is 10.4. The number of aryl methyl sites for hydroxylation is 2. The van der Waals surface area contributed by atoms with Gasteiger partial charge in [0, 0.05) is 31.5 Å². The van der Waals surface area contributed by atoms with Crippen molar-refractivity contribution in [3.63, 3.8) is 0 Å². The number of hydrogen-bond donors (Lipinski definition) is 1. The fourth-order valence-corrected chi connectivity index (χ4v) is 3.19. The molecule has 8 nitrogen and oxygen atoms in total. The van der Waals surface area contributed by atoms with Crippen molar-refractivity contribution in [3.05, 3.63) is 35.6 Å². The van der Waals surface area contributed by atoms with E-state index < -0.39 is 6.10 Å². The number of nitrogens with zero attached hydrogens (tertiary/aromatic N) is 6. The lowest BCUT2D eigenvalue weighted by atomic mass is 10.0. The maximum absolute atomic E-state index is 10.4.